The van der Waals surface area contributed by atoms with E-state index in [4.69, 9.17) is 0 Å². The maximum Gasteiger partial charge on any atom is 0.111 e. The average Bonchev–Trinajstić information content (AvgIpc) is 2.90. The number of aryl methyl sites for hydroxylation is 1. The van der Waals surface area contributed by atoms with Gasteiger partial charge in [0.25, 0.3) is 0 Å². The van der Waals surface area contributed by atoms with Crippen LogP contribution >= 0.6 is 12.4 Å². The number of halogens is 1. The predicted octanol–water partition coefficient (Wildman–Crippen LogP) is 2.67. The average molecular weight is 279 g/mol. The Morgan fingerprint density at radius 2 is 2.26 bits per heavy atom. The number of nitrogens with one attached hydrogen (secondary N) is 2. The Labute approximate surface area is 119 Å². The minimum atomic E-state index is 0. The van der Waals surface area contributed by atoms with Gasteiger partial charge in [0.05, 0.1) is 5.69 Å². The molecule has 1 atom stereocenters. The zero-order valence-electron chi connectivity index (χ0n) is 11.0. The molecule has 0 bridgehead atoms. The standard InChI is InChI=1S/C14H18N4.ClH/c1-10-4-2-7-16-14(10)13-8-12(17-18-13)11-5-3-6-15-9-11;/h2,4,7-8,11,15H,3,5-6,9H2,1H3,(H,17,18);1H/t11-;/m0./s1. The summed E-state index contributed by atoms with van der Waals surface area (Å²) >= 11 is 0. The lowest BCUT2D eigenvalue weighted by Crippen LogP contribution is -2.28. The molecule has 0 radical (unpaired) electrons. The normalized spacial score (nSPS) is 18.9. The molecule has 102 valence electrons. The molecule has 0 amide bonds. The zero-order chi connectivity index (χ0) is 12.4. The van der Waals surface area contributed by atoms with Gasteiger partial charge in [0.2, 0.25) is 0 Å². The molecule has 0 spiro atoms. The van der Waals surface area contributed by atoms with E-state index in [0.29, 0.717) is 5.92 Å². The van der Waals surface area contributed by atoms with Crippen LogP contribution in [0.15, 0.2) is 24.4 Å². The first kappa shape index (κ1) is 14.0. The Bertz CT molecular complexity index is 532. The van der Waals surface area contributed by atoms with Gasteiger partial charge < -0.3 is 5.32 Å². The number of piperidine rings is 1. The fourth-order valence-electron chi connectivity index (χ4n) is 2.54. The first-order chi connectivity index (χ1) is 8.84. The van der Waals surface area contributed by atoms with Crippen molar-refractivity contribution in [1.29, 1.82) is 0 Å². The SMILES string of the molecule is Cc1cccnc1-c1cc([C@H]2CCCNC2)[nH]n1.Cl. The first-order valence-corrected chi connectivity index (χ1v) is 6.52. The van der Waals surface area contributed by atoms with Gasteiger partial charge in [-0.3, -0.25) is 10.1 Å². The number of hydrogen-bond acceptors (Lipinski definition) is 3. The second kappa shape index (κ2) is 6.17. The molecule has 0 saturated carbocycles. The van der Waals surface area contributed by atoms with Crippen molar-refractivity contribution in [3.05, 3.63) is 35.7 Å². The second-order valence-corrected chi connectivity index (χ2v) is 4.92. The number of aromatic amines is 1. The molecular weight excluding hydrogens is 260 g/mol. The van der Waals surface area contributed by atoms with E-state index in [1.807, 2.05) is 12.3 Å². The van der Waals surface area contributed by atoms with Gasteiger partial charge in [-0.05, 0) is 44.0 Å². The van der Waals surface area contributed by atoms with Crippen LogP contribution in [0.5, 0.6) is 0 Å². The maximum absolute atomic E-state index is 4.41. The van der Waals surface area contributed by atoms with Crippen molar-refractivity contribution >= 4 is 12.4 Å². The van der Waals surface area contributed by atoms with Gasteiger partial charge in [-0.2, -0.15) is 5.10 Å². The lowest BCUT2D eigenvalue weighted by Gasteiger charge is -2.21. The van der Waals surface area contributed by atoms with Crippen molar-refractivity contribution in [1.82, 2.24) is 20.5 Å². The number of nitrogens with zero attached hydrogens (tertiary/aromatic N) is 2. The van der Waals surface area contributed by atoms with Gasteiger partial charge in [-0.25, -0.2) is 0 Å². The molecular formula is C14H19ClN4. The third-order valence-corrected chi connectivity index (χ3v) is 3.59. The second-order valence-electron chi connectivity index (χ2n) is 4.92. The topological polar surface area (TPSA) is 53.6 Å². The van der Waals surface area contributed by atoms with E-state index >= 15 is 0 Å². The number of aromatic nitrogens is 3. The highest BCUT2D eigenvalue weighted by molar-refractivity contribution is 5.85. The van der Waals surface area contributed by atoms with Crippen molar-refractivity contribution in [2.24, 2.45) is 0 Å². The molecule has 3 rings (SSSR count). The Morgan fingerprint density at radius 1 is 1.37 bits per heavy atom. The molecule has 1 aliphatic rings. The largest absolute Gasteiger partial charge is 0.316 e. The van der Waals surface area contributed by atoms with Crippen LogP contribution in [0.3, 0.4) is 0 Å². The van der Waals surface area contributed by atoms with Crippen LogP contribution in [0.1, 0.15) is 30.0 Å². The molecule has 0 aromatic carbocycles. The summed E-state index contributed by atoms with van der Waals surface area (Å²) in [4.78, 5) is 4.41. The lowest BCUT2D eigenvalue weighted by molar-refractivity contribution is 0.454. The van der Waals surface area contributed by atoms with Crippen LogP contribution in [0.2, 0.25) is 0 Å². The number of hydrogen-bond donors (Lipinski definition) is 2. The van der Waals surface area contributed by atoms with E-state index in [0.717, 1.165) is 30.0 Å². The Morgan fingerprint density at radius 3 is 3.00 bits per heavy atom. The quantitative estimate of drug-likeness (QED) is 0.888. The molecule has 2 aromatic rings. The Hall–Kier alpha value is -1.39. The van der Waals surface area contributed by atoms with E-state index < -0.39 is 0 Å². The number of pyridine rings is 1. The highest BCUT2D eigenvalue weighted by Crippen LogP contribution is 2.25. The molecule has 1 saturated heterocycles. The van der Waals surface area contributed by atoms with Crippen molar-refractivity contribution in [2.75, 3.05) is 13.1 Å². The maximum atomic E-state index is 4.41. The molecule has 2 aromatic heterocycles. The van der Waals surface area contributed by atoms with Gasteiger partial charge in [-0.1, -0.05) is 6.07 Å². The summed E-state index contributed by atoms with van der Waals surface area (Å²) in [5.41, 5.74) is 4.32. The van der Waals surface area contributed by atoms with E-state index in [2.05, 4.69) is 39.6 Å². The van der Waals surface area contributed by atoms with Crippen LogP contribution in [0, 0.1) is 6.92 Å². The summed E-state index contributed by atoms with van der Waals surface area (Å²) in [7, 11) is 0. The summed E-state index contributed by atoms with van der Waals surface area (Å²) in [5.74, 6) is 0.559. The summed E-state index contributed by atoms with van der Waals surface area (Å²) in [6, 6.07) is 6.17. The molecule has 1 fully saturated rings. The third kappa shape index (κ3) is 2.96. The van der Waals surface area contributed by atoms with Crippen LogP contribution in [0.25, 0.3) is 11.4 Å². The monoisotopic (exact) mass is 278 g/mol. The van der Waals surface area contributed by atoms with Gasteiger partial charge in [0.15, 0.2) is 0 Å². The summed E-state index contributed by atoms with van der Waals surface area (Å²) in [6.45, 7) is 4.25. The van der Waals surface area contributed by atoms with E-state index in [-0.39, 0.29) is 12.4 Å². The number of H-pyrrole nitrogens is 1. The molecule has 2 N–H and O–H groups in total. The Kier molecular flexibility index (Phi) is 4.56. The highest BCUT2D eigenvalue weighted by Gasteiger charge is 2.18. The van der Waals surface area contributed by atoms with Crippen LogP contribution < -0.4 is 5.32 Å². The molecule has 4 nitrogen and oxygen atoms in total. The van der Waals surface area contributed by atoms with Crippen molar-refractivity contribution < 1.29 is 0 Å². The van der Waals surface area contributed by atoms with Crippen LogP contribution in [-0.4, -0.2) is 28.3 Å². The first-order valence-electron chi connectivity index (χ1n) is 6.52. The fraction of sp³-hybridized carbons (Fsp3) is 0.429. The van der Waals surface area contributed by atoms with Crippen molar-refractivity contribution in [3.63, 3.8) is 0 Å². The van der Waals surface area contributed by atoms with Gasteiger partial charge in [-0.15, -0.1) is 12.4 Å². The highest BCUT2D eigenvalue weighted by atomic mass is 35.5. The molecule has 19 heavy (non-hydrogen) atoms. The van der Waals surface area contributed by atoms with E-state index in [1.165, 1.54) is 18.5 Å². The summed E-state index contributed by atoms with van der Waals surface area (Å²) < 4.78 is 0. The Balaban J connectivity index is 0.00000133. The van der Waals surface area contributed by atoms with Crippen LogP contribution in [0.4, 0.5) is 0 Å². The zero-order valence-corrected chi connectivity index (χ0v) is 11.8. The van der Waals surface area contributed by atoms with E-state index in [1.54, 1.807) is 0 Å². The molecule has 1 aliphatic heterocycles. The molecule has 0 unspecified atom stereocenters. The van der Waals surface area contributed by atoms with Gasteiger partial charge >= 0.3 is 0 Å². The minimum Gasteiger partial charge on any atom is -0.316 e. The van der Waals surface area contributed by atoms with Crippen molar-refractivity contribution in [3.8, 4) is 11.4 Å². The third-order valence-electron chi connectivity index (χ3n) is 3.59. The van der Waals surface area contributed by atoms with Gasteiger partial charge in [0.1, 0.15) is 5.69 Å². The lowest BCUT2D eigenvalue weighted by atomic mass is 9.96. The predicted molar refractivity (Wildman–Crippen MR) is 78.6 cm³/mol. The smallest absolute Gasteiger partial charge is 0.111 e. The molecule has 5 heteroatoms. The fourth-order valence-corrected chi connectivity index (χ4v) is 2.54. The van der Waals surface area contributed by atoms with Crippen molar-refractivity contribution in [2.45, 2.75) is 25.7 Å². The van der Waals surface area contributed by atoms with E-state index in [9.17, 15) is 0 Å². The summed E-state index contributed by atoms with van der Waals surface area (Å²) in [6.07, 6.45) is 4.29. The molecule has 0 aliphatic carbocycles. The number of rotatable bonds is 2. The van der Waals surface area contributed by atoms with Crippen LogP contribution in [-0.2, 0) is 0 Å². The minimum absolute atomic E-state index is 0. The summed E-state index contributed by atoms with van der Waals surface area (Å²) in [5, 5.41) is 11.0. The van der Waals surface area contributed by atoms with Gasteiger partial charge in [0, 0.05) is 24.4 Å². The molecule has 3 heterocycles.